The van der Waals surface area contributed by atoms with Gasteiger partial charge in [-0.1, -0.05) is 32.9 Å². The minimum absolute atomic E-state index is 0.0323. The molecule has 0 aliphatic heterocycles. The van der Waals surface area contributed by atoms with Gasteiger partial charge in [0.1, 0.15) is 11.6 Å². The average molecular weight is 394 g/mol. The molecule has 1 atom stereocenters. The Kier molecular flexibility index (Phi) is 6.01. The van der Waals surface area contributed by atoms with Gasteiger partial charge in [-0.15, -0.1) is 0 Å². The van der Waals surface area contributed by atoms with E-state index < -0.39 is 11.7 Å². The van der Waals surface area contributed by atoms with E-state index in [-0.39, 0.29) is 11.7 Å². The van der Waals surface area contributed by atoms with Crippen LogP contribution in [0.2, 0.25) is 0 Å². The Bertz CT molecular complexity index is 805. The molecular formula is C23H26F4O. The quantitative estimate of drug-likeness (QED) is 0.443. The van der Waals surface area contributed by atoms with Crippen LogP contribution in [0.1, 0.15) is 57.1 Å². The molecule has 0 amide bonds. The summed E-state index contributed by atoms with van der Waals surface area (Å²) in [7, 11) is 0. The summed E-state index contributed by atoms with van der Waals surface area (Å²) in [5.74, 6) is 1.17. The molecule has 0 N–H and O–H groups in total. The van der Waals surface area contributed by atoms with Crippen molar-refractivity contribution in [2.45, 2.75) is 52.1 Å². The zero-order valence-electron chi connectivity index (χ0n) is 16.4. The minimum atomic E-state index is -4.40. The first kappa shape index (κ1) is 20.7. The van der Waals surface area contributed by atoms with Crippen molar-refractivity contribution in [3.05, 3.63) is 53.3 Å². The lowest BCUT2D eigenvalue weighted by Gasteiger charge is -2.19. The van der Waals surface area contributed by atoms with Crippen molar-refractivity contribution in [2.24, 2.45) is 11.8 Å². The number of halogens is 4. The SMILES string of the molecule is CC(C)CC(C)c1cc(OCC2CC2)c(-c2ccc(C(F)(F)F)cc2)cc1F. The van der Waals surface area contributed by atoms with Crippen LogP contribution in [-0.4, -0.2) is 6.61 Å². The second-order valence-electron chi connectivity index (χ2n) is 8.23. The second kappa shape index (κ2) is 8.14. The van der Waals surface area contributed by atoms with Crippen molar-refractivity contribution in [1.29, 1.82) is 0 Å². The monoisotopic (exact) mass is 394 g/mol. The highest BCUT2D eigenvalue weighted by Crippen LogP contribution is 2.39. The zero-order valence-corrected chi connectivity index (χ0v) is 16.4. The molecule has 1 aliphatic rings. The van der Waals surface area contributed by atoms with Crippen molar-refractivity contribution in [3.63, 3.8) is 0 Å². The Morgan fingerprint density at radius 3 is 2.21 bits per heavy atom. The first-order valence-electron chi connectivity index (χ1n) is 9.79. The summed E-state index contributed by atoms with van der Waals surface area (Å²) < 4.78 is 59.4. The molecule has 2 aromatic carbocycles. The molecule has 1 aliphatic carbocycles. The van der Waals surface area contributed by atoms with E-state index in [1.807, 2.05) is 6.92 Å². The number of benzene rings is 2. The van der Waals surface area contributed by atoms with Gasteiger partial charge in [-0.3, -0.25) is 0 Å². The van der Waals surface area contributed by atoms with Crippen LogP contribution in [0.15, 0.2) is 36.4 Å². The van der Waals surface area contributed by atoms with Crippen LogP contribution in [0.3, 0.4) is 0 Å². The molecule has 3 rings (SSSR count). The lowest BCUT2D eigenvalue weighted by atomic mass is 9.90. The van der Waals surface area contributed by atoms with Crippen molar-refractivity contribution in [1.82, 2.24) is 0 Å². The van der Waals surface area contributed by atoms with Gasteiger partial charge in [0.15, 0.2) is 0 Å². The Balaban J connectivity index is 1.97. The van der Waals surface area contributed by atoms with Crippen molar-refractivity contribution >= 4 is 0 Å². The second-order valence-corrected chi connectivity index (χ2v) is 8.23. The van der Waals surface area contributed by atoms with E-state index in [9.17, 15) is 17.6 Å². The summed E-state index contributed by atoms with van der Waals surface area (Å²) in [6, 6.07) is 7.92. The van der Waals surface area contributed by atoms with Crippen molar-refractivity contribution in [2.75, 3.05) is 6.61 Å². The van der Waals surface area contributed by atoms with E-state index >= 15 is 0 Å². The highest BCUT2D eigenvalue weighted by Gasteiger charge is 2.30. The molecule has 0 aromatic heterocycles. The third-order valence-electron chi connectivity index (χ3n) is 5.15. The summed E-state index contributed by atoms with van der Waals surface area (Å²) in [5.41, 5.74) is 0.877. The molecule has 1 fully saturated rings. The predicted octanol–water partition coefficient (Wildman–Crippen LogP) is 7.45. The van der Waals surface area contributed by atoms with Gasteiger partial charge in [0.05, 0.1) is 12.2 Å². The van der Waals surface area contributed by atoms with Crippen LogP contribution in [0.5, 0.6) is 5.75 Å². The normalized spacial score (nSPS) is 15.7. The standard InChI is InChI=1S/C23H26F4O/c1-14(2)10-15(3)19-12-22(28-13-16-4-5-16)20(11-21(19)24)17-6-8-18(9-7-17)23(25,26)27/h6-9,11-12,14-16H,4-5,10,13H2,1-3H3. The molecule has 1 nitrogen and oxygen atoms in total. The molecule has 5 heteroatoms. The van der Waals surface area contributed by atoms with Gasteiger partial charge in [-0.2, -0.15) is 13.2 Å². The molecule has 0 saturated heterocycles. The summed E-state index contributed by atoms with van der Waals surface area (Å²) in [4.78, 5) is 0. The summed E-state index contributed by atoms with van der Waals surface area (Å²) >= 11 is 0. The molecule has 0 spiro atoms. The number of ether oxygens (including phenoxy) is 1. The fourth-order valence-corrected chi connectivity index (χ4v) is 3.46. The van der Waals surface area contributed by atoms with Crippen molar-refractivity contribution < 1.29 is 22.3 Å². The van der Waals surface area contributed by atoms with Gasteiger partial charge >= 0.3 is 6.18 Å². The van der Waals surface area contributed by atoms with Gasteiger partial charge < -0.3 is 4.74 Å². The molecule has 28 heavy (non-hydrogen) atoms. The van der Waals surface area contributed by atoms with Crippen LogP contribution in [-0.2, 0) is 6.18 Å². The van der Waals surface area contributed by atoms with Crippen LogP contribution in [0, 0.1) is 17.7 Å². The molecule has 0 radical (unpaired) electrons. The van der Waals surface area contributed by atoms with Gasteiger partial charge in [0.25, 0.3) is 0 Å². The molecule has 1 unspecified atom stereocenters. The lowest BCUT2D eigenvalue weighted by molar-refractivity contribution is -0.137. The molecule has 2 aromatic rings. The predicted molar refractivity (Wildman–Crippen MR) is 103 cm³/mol. The molecular weight excluding hydrogens is 368 g/mol. The van der Waals surface area contributed by atoms with E-state index in [1.54, 1.807) is 6.07 Å². The Morgan fingerprint density at radius 1 is 1.04 bits per heavy atom. The third-order valence-corrected chi connectivity index (χ3v) is 5.15. The van der Waals surface area contributed by atoms with E-state index in [1.165, 1.54) is 18.2 Å². The average Bonchev–Trinajstić information content (AvgIpc) is 3.43. The maximum Gasteiger partial charge on any atom is 0.416 e. The number of rotatable bonds is 7. The van der Waals surface area contributed by atoms with Crippen LogP contribution in [0.25, 0.3) is 11.1 Å². The fraction of sp³-hybridized carbons (Fsp3) is 0.478. The van der Waals surface area contributed by atoms with Gasteiger partial charge in [0, 0.05) is 5.56 Å². The van der Waals surface area contributed by atoms with Gasteiger partial charge in [-0.25, -0.2) is 4.39 Å². The zero-order chi connectivity index (χ0) is 20.5. The Morgan fingerprint density at radius 2 is 1.68 bits per heavy atom. The van der Waals surface area contributed by atoms with E-state index in [0.29, 0.717) is 40.9 Å². The third kappa shape index (κ3) is 5.06. The topological polar surface area (TPSA) is 9.23 Å². The summed E-state index contributed by atoms with van der Waals surface area (Å²) in [5, 5.41) is 0. The van der Waals surface area contributed by atoms with Crippen LogP contribution >= 0.6 is 0 Å². The molecule has 1 saturated carbocycles. The van der Waals surface area contributed by atoms with E-state index in [2.05, 4.69) is 13.8 Å². The summed E-state index contributed by atoms with van der Waals surface area (Å²) in [6.45, 7) is 6.73. The molecule has 0 bridgehead atoms. The first-order valence-corrected chi connectivity index (χ1v) is 9.79. The maximum atomic E-state index is 14.9. The van der Waals surface area contributed by atoms with E-state index in [0.717, 1.165) is 31.4 Å². The van der Waals surface area contributed by atoms with Gasteiger partial charge in [-0.05, 0) is 72.4 Å². The van der Waals surface area contributed by atoms with Crippen LogP contribution in [0.4, 0.5) is 17.6 Å². The highest BCUT2D eigenvalue weighted by atomic mass is 19.4. The number of alkyl halides is 3. The van der Waals surface area contributed by atoms with E-state index in [4.69, 9.17) is 4.74 Å². The van der Waals surface area contributed by atoms with Crippen LogP contribution < -0.4 is 4.74 Å². The summed E-state index contributed by atoms with van der Waals surface area (Å²) in [6.07, 6.45) is -1.31. The number of hydrogen-bond donors (Lipinski definition) is 0. The molecule has 0 heterocycles. The van der Waals surface area contributed by atoms with Gasteiger partial charge in [0.2, 0.25) is 0 Å². The highest BCUT2D eigenvalue weighted by molar-refractivity contribution is 5.71. The smallest absolute Gasteiger partial charge is 0.416 e. The largest absolute Gasteiger partial charge is 0.493 e. The minimum Gasteiger partial charge on any atom is -0.493 e. The lowest BCUT2D eigenvalue weighted by Crippen LogP contribution is -2.06. The maximum absolute atomic E-state index is 14.9. The Hall–Kier alpha value is -2.04. The molecule has 152 valence electrons. The fourth-order valence-electron chi connectivity index (χ4n) is 3.46. The Labute approximate surface area is 163 Å². The van der Waals surface area contributed by atoms with Crippen molar-refractivity contribution in [3.8, 4) is 16.9 Å². The first-order chi connectivity index (χ1) is 13.1. The number of hydrogen-bond acceptors (Lipinski definition) is 1.